The van der Waals surface area contributed by atoms with Gasteiger partial charge in [0.2, 0.25) is 0 Å². The maximum atomic E-state index is 11.8. The molecule has 5 nitrogen and oxygen atoms in total. The Morgan fingerprint density at radius 3 is 2.60 bits per heavy atom. The Bertz CT molecular complexity index is 883. The third-order valence-corrected chi connectivity index (χ3v) is 4.35. The van der Waals surface area contributed by atoms with Crippen molar-refractivity contribution in [3.63, 3.8) is 0 Å². The number of thiazole rings is 1. The number of anilines is 1. The topological polar surface area (TPSA) is 75.0 Å². The summed E-state index contributed by atoms with van der Waals surface area (Å²) in [6.45, 7) is 0.218. The second-order valence-corrected chi connectivity index (χ2v) is 6.42. The van der Waals surface area contributed by atoms with Crippen LogP contribution in [0.1, 0.15) is 21.6 Å². The van der Waals surface area contributed by atoms with Gasteiger partial charge in [0.25, 0.3) is 0 Å². The zero-order chi connectivity index (χ0) is 17.5. The number of nitrogens with zero attached hydrogens (tertiary/aromatic N) is 2. The second kappa shape index (κ2) is 8.08. The Balaban J connectivity index is 1.52. The van der Waals surface area contributed by atoms with E-state index in [9.17, 15) is 4.79 Å². The van der Waals surface area contributed by atoms with Crippen molar-refractivity contribution in [2.24, 2.45) is 0 Å². The third kappa shape index (κ3) is 4.90. The van der Waals surface area contributed by atoms with E-state index in [1.165, 1.54) is 11.3 Å². The van der Waals surface area contributed by atoms with E-state index in [1.807, 2.05) is 42.5 Å². The molecule has 0 unspecified atom stereocenters. The summed E-state index contributed by atoms with van der Waals surface area (Å²) >= 11 is 1.40. The molecule has 2 aromatic carbocycles. The summed E-state index contributed by atoms with van der Waals surface area (Å²) in [6.07, 6.45) is 1.91. The van der Waals surface area contributed by atoms with Gasteiger partial charge in [0.15, 0.2) is 5.13 Å². The molecule has 3 rings (SSSR count). The summed E-state index contributed by atoms with van der Waals surface area (Å²) in [5.74, 6) is 0. The van der Waals surface area contributed by atoms with Gasteiger partial charge in [-0.05, 0) is 23.3 Å². The van der Waals surface area contributed by atoms with Crippen molar-refractivity contribution < 1.29 is 9.53 Å². The maximum Gasteiger partial charge on any atom is 0.413 e. The Kier molecular flexibility index (Phi) is 5.39. The van der Waals surface area contributed by atoms with E-state index < -0.39 is 6.09 Å². The smallest absolute Gasteiger partial charge is 0.413 e. The van der Waals surface area contributed by atoms with Crippen LogP contribution in [0.3, 0.4) is 0 Å². The molecule has 1 N–H and O–H groups in total. The number of ether oxygens (including phenoxy) is 1. The van der Waals surface area contributed by atoms with Crippen LogP contribution in [0.4, 0.5) is 9.93 Å². The fourth-order valence-electron chi connectivity index (χ4n) is 2.19. The van der Waals surface area contributed by atoms with E-state index in [1.54, 1.807) is 18.3 Å². The van der Waals surface area contributed by atoms with Crippen LogP contribution in [0.25, 0.3) is 0 Å². The van der Waals surface area contributed by atoms with Crippen LogP contribution in [0.15, 0.2) is 60.8 Å². The molecule has 0 aliphatic rings. The SMILES string of the molecule is N#Cc1ccc(Cc2cnc(NC(=O)OCc3ccccc3)s2)cc1. The summed E-state index contributed by atoms with van der Waals surface area (Å²) < 4.78 is 5.17. The number of hydrogen-bond donors (Lipinski definition) is 1. The van der Waals surface area contributed by atoms with Gasteiger partial charge < -0.3 is 4.74 Å². The summed E-state index contributed by atoms with van der Waals surface area (Å²) in [7, 11) is 0. The van der Waals surface area contributed by atoms with E-state index in [2.05, 4.69) is 16.4 Å². The summed E-state index contributed by atoms with van der Waals surface area (Å²) in [5, 5.41) is 12.0. The minimum atomic E-state index is -0.525. The van der Waals surface area contributed by atoms with Crippen LogP contribution in [-0.4, -0.2) is 11.1 Å². The quantitative estimate of drug-likeness (QED) is 0.743. The predicted octanol–water partition coefficient (Wildman–Crippen LogP) is 4.35. The number of nitriles is 1. The van der Waals surface area contributed by atoms with Crippen molar-refractivity contribution in [2.75, 3.05) is 5.32 Å². The molecule has 0 aliphatic heterocycles. The molecular weight excluding hydrogens is 334 g/mol. The van der Waals surface area contributed by atoms with Crippen molar-refractivity contribution in [3.05, 3.63) is 82.4 Å². The Morgan fingerprint density at radius 2 is 1.88 bits per heavy atom. The zero-order valence-electron chi connectivity index (χ0n) is 13.3. The lowest BCUT2D eigenvalue weighted by Crippen LogP contribution is -2.13. The lowest BCUT2D eigenvalue weighted by atomic mass is 10.1. The molecule has 0 saturated heterocycles. The number of aromatic nitrogens is 1. The minimum Gasteiger partial charge on any atom is -0.444 e. The monoisotopic (exact) mass is 349 g/mol. The average molecular weight is 349 g/mol. The molecule has 6 heteroatoms. The van der Waals surface area contributed by atoms with Crippen molar-refractivity contribution in [3.8, 4) is 6.07 Å². The third-order valence-electron chi connectivity index (χ3n) is 3.44. The molecule has 0 radical (unpaired) electrons. The van der Waals surface area contributed by atoms with Gasteiger partial charge in [-0.15, -0.1) is 11.3 Å². The van der Waals surface area contributed by atoms with E-state index in [0.717, 1.165) is 16.0 Å². The summed E-state index contributed by atoms with van der Waals surface area (Å²) in [4.78, 5) is 17.0. The van der Waals surface area contributed by atoms with Gasteiger partial charge in [-0.3, -0.25) is 5.32 Å². The van der Waals surface area contributed by atoms with Gasteiger partial charge in [-0.2, -0.15) is 5.26 Å². The highest BCUT2D eigenvalue weighted by Gasteiger charge is 2.08. The highest BCUT2D eigenvalue weighted by atomic mass is 32.1. The van der Waals surface area contributed by atoms with Gasteiger partial charge in [0.1, 0.15) is 6.61 Å². The highest BCUT2D eigenvalue weighted by Crippen LogP contribution is 2.21. The molecule has 0 aliphatic carbocycles. The first-order chi connectivity index (χ1) is 12.2. The Labute approximate surface area is 149 Å². The molecule has 1 amide bonds. The first kappa shape index (κ1) is 16.7. The average Bonchev–Trinajstić information content (AvgIpc) is 3.08. The first-order valence-electron chi connectivity index (χ1n) is 7.64. The predicted molar refractivity (Wildman–Crippen MR) is 96.3 cm³/mol. The number of carbonyl (C=O) groups excluding carboxylic acids is 1. The van der Waals surface area contributed by atoms with E-state index in [0.29, 0.717) is 17.1 Å². The molecule has 0 spiro atoms. The summed E-state index contributed by atoms with van der Waals surface area (Å²) in [5.41, 5.74) is 2.65. The van der Waals surface area contributed by atoms with Crippen LogP contribution >= 0.6 is 11.3 Å². The maximum absolute atomic E-state index is 11.8. The van der Waals surface area contributed by atoms with E-state index in [4.69, 9.17) is 10.00 Å². The number of nitrogens with one attached hydrogen (secondary N) is 1. The van der Waals surface area contributed by atoms with Crippen LogP contribution < -0.4 is 5.32 Å². The first-order valence-corrected chi connectivity index (χ1v) is 8.46. The standard InChI is InChI=1S/C19H15N3O2S/c20-11-15-8-6-14(7-9-15)10-17-12-21-18(25-17)22-19(23)24-13-16-4-2-1-3-5-16/h1-9,12H,10,13H2,(H,21,22,23). The normalized spacial score (nSPS) is 10.0. The molecule has 0 bridgehead atoms. The molecule has 1 aromatic heterocycles. The fourth-order valence-corrected chi connectivity index (χ4v) is 3.02. The van der Waals surface area contributed by atoms with Gasteiger partial charge in [-0.1, -0.05) is 42.5 Å². The molecule has 0 fully saturated rings. The minimum absolute atomic E-state index is 0.218. The van der Waals surface area contributed by atoms with Gasteiger partial charge in [0, 0.05) is 17.5 Å². The zero-order valence-corrected chi connectivity index (χ0v) is 14.1. The molecule has 25 heavy (non-hydrogen) atoms. The highest BCUT2D eigenvalue weighted by molar-refractivity contribution is 7.15. The fraction of sp³-hybridized carbons (Fsp3) is 0.105. The van der Waals surface area contributed by atoms with Crippen LogP contribution in [0.5, 0.6) is 0 Å². The van der Waals surface area contributed by atoms with Crippen molar-refractivity contribution in [1.82, 2.24) is 4.98 Å². The van der Waals surface area contributed by atoms with E-state index >= 15 is 0 Å². The lowest BCUT2D eigenvalue weighted by molar-refractivity contribution is 0.155. The Hall–Kier alpha value is -3.17. The largest absolute Gasteiger partial charge is 0.444 e. The second-order valence-electron chi connectivity index (χ2n) is 5.30. The van der Waals surface area contributed by atoms with Crippen LogP contribution in [0, 0.1) is 11.3 Å². The number of rotatable bonds is 5. The van der Waals surface area contributed by atoms with Gasteiger partial charge in [0.05, 0.1) is 11.6 Å². The molecule has 1 heterocycles. The number of benzene rings is 2. The van der Waals surface area contributed by atoms with E-state index in [-0.39, 0.29) is 6.61 Å². The van der Waals surface area contributed by atoms with Crippen molar-refractivity contribution >= 4 is 22.6 Å². The van der Waals surface area contributed by atoms with Crippen molar-refractivity contribution in [1.29, 1.82) is 5.26 Å². The van der Waals surface area contributed by atoms with Crippen LogP contribution in [0.2, 0.25) is 0 Å². The number of carbonyl (C=O) groups is 1. The molecule has 3 aromatic rings. The van der Waals surface area contributed by atoms with Gasteiger partial charge in [-0.25, -0.2) is 9.78 Å². The van der Waals surface area contributed by atoms with Crippen molar-refractivity contribution in [2.45, 2.75) is 13.0 Å². The molecule has 0 atom stereocenters. The summed E-state index contributed by atoms with van der Waals surface area (Å²) in [6, 6.07) is 19.0. The molecular formula is C19H15N3O2S. The number of hydrogen-bond acceptors (Lipinski definition) is 5. The lowest BCUT2D eigenvalue weighted by Gasteiger charge is -2.04. The number of amides is 1. The molecule has 0 saturated carbocycles. The van der Waals surface area contributed by atoms with Gasteiger partial charge >= 0.3 is 6.09 Å². The van der Waals surface area contributed by atoms with Crippen LogP contribution in [-0.2, 0) is 17.8 Å². The molecule has 124 valence electrons. The Morgan fingerprint density at radius 1 is 1.12 bits per heavy atom.